The van der Waals surface area contributed by atoms with Crippen molar-refractivity contribution in [1.29, 1.82) is 0 Å². The Morgan fingerprint density at radius 3 is 2.81 bits per heavy atom. The Morgan fingerprint density at radius 1 is 1.33 bits per heavy atom. The summed E-state index contributed by atoms with van der Waals surface area (Å²) in [6.07, 6.45) is 7.07. The lowest BCUT2D eigenvalue weighted by Gasteiger charge is -2.29. The van der Waals surface area contributed by atoms with Gasteiger partial charge in [0.05, 0.1) is 5.75 Å². The molecule has 7 heteroatoms. The van der Waals surface area contributed by atoms with Crippen LogP contribution in [0.5, 0.6) is 0 Å². The lowest BCUT2D eigenvalue weighted by Crippen LogP contribution is -2.41. The van der Waals surface area contributed by atoms with Gasteiger partial charge in [0, 0.05) is 12.1 Å². The number of carbonyl (C=O) groups excluding carboxylic acids is 1. The lowest BCUT2D eigenvalue weighted by atomic mass is 9.86. The minimum absolute atomic E-state index is 0.0858. The molecule has 0 radical (unpaired) electrons. The van der Waals surface area contributed by atoms with Gasteiger partial charge in [-0.15, -0.1) is 10.2 Å². The normalized spacial score (nSPS) is 25.8. The van der Waals surface area contributed by atoms with Gasteiger partial charge in [0.1, 0.15) is 0 Å². The van der Waals surface area contributed by atoms with Crippen LogP contribution in [0.1, 0.15) is 51.5 Å². The van der Waals surface area contributed by atoms with E-state index in [0.717, 1.165) is 24.4 Å². The van der Waals surface area contributed by atoms with Crippen LogP contribution >= 0.6 is 11.8 Å². The zero-order valence-corrected chi connectivity index (χ0v) is 13.2. The monoisotopic (exact) mass is 309 g/mol. The standard InChI is InChI=1S/C14H23N5OS/c1-9-4-2-3-5-11(9)16-12(20)8-21-14-18-17-13(15)19(14)10-6-7-10/h9-11H,2-8H2,1H3,(H2,15,17)(H,16,20). The van der Waals surface area contributed by atoms with E-state index in [0.29, 0.717) is 29.7 Å². The summed E-state index contributed by atoms with van der Waals surface area (Å²) in [6, 6.07) is 0.766. The molecule has 21 heavy (non-hydrogen) atoms. The van der Waals surface area contributed by atoms with Crippen LogP contribution < -0.4 is 11.1 Å². The van der Waals surface area contributed by atoms with Crippen LogP contribution in [0.4, 0.5) is 5.95 Å². The molecule has 0 spiro atoms. The number of nitrogens with one attached hydrogen (secondary N) is 1. The first-order valence-electron chi connectivity index (χ1n) is 7.77. The number of carbonyl (C=O) groups is 1. The molecule has 0 aliphatic heterocycles. The first-order chi connectivity index (χ1) is 10.1. The van der Waals surface area contributed by atoms with Crippen molar-refractivity contribution in [3.05, 3.63) is 0 Å². The Hall–Kier alpha value is -1.24. The van der Waals surface area contributed by atoms with Gasteiger partial charge in [0.2, 0.25) is 11.9 Å². The first kappa shape index (κ1) is 14.7. The molecule has 0 aromatic carbocycles. The van der Waals surface area contributed by atoms with Crippen molar-refractivity contribution in [1.82, 2.24) is 20.1 Å². The molecule has 0 saturated heterocycles. The van der Waals surface area contributed by atoms with E-state index in [1.165, 1.54) is 31.0 Å². The third-order valence-corrected chi connectivity index (χ3v) is 5.34. The average molecular weight is 309 g/mol. The van der Waals surface area contributed by atoms with Crippen molar-refractivity contribution in [2.75, 3.05) is 11.5 Å². The highest BCUT2D eigenvalue weighted by Gasteiger charge is 2.29. The molecule has 3 N–H and O–H groups in total. The van der Waals surface area contributed by atoms with Crippen molar-refractivity contribution in [2.24, 2.45) is 5.92 Å². The SMILES string of the molecule is CC1CCCCC1NC(=O)CSc1nnc(N)n1C1CC1. The summed E-state index contributed by atoms with van der Waals surface area (Å²) in [7, 11) is 0. The van der Waals surface area contributed by atoms with Crippen molar-refractivity contribution in [2.45, 2.75) is 62.7 Å². The molecule has 1 aromatic heterocycles. The van der Waals surface area contributed by atoms with E-state index < -0.39 is 0 Å². The van der Waals surface area contributed by atoms with E-state index in [-0.39, 0.29) is 5.91 Å². The molecule has 3 rings (SSSR count). The molecule has 1 heterocycles. The van der Waals surface area contributed by atoms with E-state index in [1.807, 2.05) is 4.57 Å². The zero-order valence-electron chi connectivity index (χ0n) is 12.4. The number of nitrogens with zero attached hydrogens (tertiary/aromatic N) is 3. The van der Waals surface area contributed by atoms with E-state index in [2.05, 4.69) is 22.4 Å². The molecule has 116 valence electrons. The van der Waals surface area contributed by atoms with Crippen molar-refractivity contribution in [3.8, 4) is 0 Å². The van der Waals surface area contributed by atoms with Gasteiger partial charge in [-0.25, -0.2) is 0 Å². The van der Waals surface area contributed by atoms with Gasteiger partial charge in [-0.2, -0.15) is 0 Å². The van der Waals surface area contributed by atoms with E-state index in [9.17, 15) is 4.79 Å². The zero-order chi connectivity index (χ0) is 14.8. The van der Waals surface area contributed by atoms with Gasteiger partial charge < -0.3 is 11.1 Å². The topological polar surface area (TPSA) is 85.8 Å². The third-order valence-electron chi connectivity index (χ3n) is 4.39. The maximum absolute atomic E-state index is 12.1. The predicted molar refractivity (Wildman–Crippen MR) is 83.0 cm³/mol. The van der Waals surface area contributed by atoms with Crippen LogP contribution in [0.15, 0.2) is 5.16 Å². The molecule has 2 aliphatic carbocycles. The second-order valence-corrected chi connectivity index (χ2v) is 7.11. The predicted octanol–water partition coefficient (Wildman–Crippen LogP) is 1.98. The molecule has 1 aromatic rings. The van der Waals surface area contributed by atoms with Crippen LogP contribution in [-0.2, 0) is 4.79 Å². The van der Waals surface area contributed by atoms with E-state index in [4.69, 9.17) is 5.73 Å². The Labute approximate surface area is 129 Å². The van der Waals surface area contributed by atoms with Gasteiger partial charge in [0.25, 0.3) is 0 Å². The Bertz CT molecular complexity index is 513. The largest absolute Gasteiger partial charge is 0.368 e. The van der Waals surface area contributed by atoms with Gasteiger partial charge in [0.15, 0.2) is 5.16 Å². The van der Waals surface area contributed by atoms with Gasteiger partial charge in [-0.3, -0.25) is 9.36 Å². The fourth-order valence-corrected chi connectivity index (χ4v) is 3.80. The summed E-state index contributed by atoms with van der Waals surface area (Å²) < 4.78 is 1.96. The number of amides is 1. The van der Waals surface area contributed by atoms with Crippen LogP contribution in [0.25, 0.3) is 0 Å². The Kier molecular flexibility index (Phi) is 4.37. The van der Waals surface area contributed by atoms with Crippen molar-refractivity contribution in [3.63, 3.8) is 0 Å². The Balaban J connectivity index is 1.51. The highest BCUT2D eigenvalue weighted by Crippen LogP contribution is 2.39. The smallest absolute Gasteiger partial charge is 0.230 e. The summed E-state index contributed by atoms with van der Waals surface area (Å²) in [5, 5.41) is 11.9. The fraction of sp³-hybridized carbons (Fsp3) is 0.786. The molecule has 2 saturated carbocycles. The minimum Gasteiger partial charge on any atom is -0.368 e. The molecular weight excluding hydrogens is 286 g/mol. The van der Waals surface area contributed by atoms with Crippen LogP contribution in [0, 0.1) is 5.92 Å². The highest BCUT2D eigenvalue weighted by atomic mass is 32.2. The molecule has 0 bridgehead atoms. The molecule has 1 amide bonds. The molecular formula is C14H23N5OS. The number of anilines is 1. The molecule has 2 fully saturated rings. The number of nitrogen functional groups attached to an aromatic ring is 1. The second kappa shape index (κ2) is 6.25. The van der Waals surface area contributed by atoms with Crippen LogP contribution in [0.2, 0.25) is 0 Å². The van der Waals surface area contributed by atoms with E-state index in [1.54, 1.807) is 0 Å². The number of hydrogen-bond acceptors (Lipinski definition) is 5. The van der Waals surface area contributed by atoms with Crippen LogP contribution in [-0.4, -0.2) is 32.5 Å². The molecule has 2 unspecified atom stereocenters. The Morgan fingerprint density at radius 2 is 2.10 bits per heavy atom. The minimum atomic E-state index is 0.0858. The quantitative estimate of drug-likeness (QED) is 0.812. The van der Waals surface area contributed by atoms with Gasteiger partial charge in [-0.05, 0) is 31.6 Å². The fourth-order valence-electron chi connectivity index (χ4n) is 2.97. The first-order valence-corrected chi connectivity index (χ1v) is 8.76. The number of rotatable bonds is 5. The van der Waals surface area contributed by atoms with E-state index >= 15 is 0 Å². The second-order valence-electron chi connectivity index (χ2n) is 6.17. The summed E-state index contributed by atoms with van der Waals surface area (Å²) in [6.45, 7) is 2.22. The van der Waals surface area contributed by atoms with Gasteiger partial charge >= 0.3 is 0 Å². The highest BCUT2D eigenvalue weighted by molar-refractivity contribution is 7.99. The maximum atomic E-state index is 12.1. The number of thioether (sulfide) groups is 1. The number of hydrogen-bond donors (Lipinski definition) is 2. The molecule has 6 nitrogen and oxygen atoms in total. The third kappa shape index (κ3) is 3.51. The number of aromatic nitrogens is 3. The summed E-state index contributed by atoms with van der Waals surface area (Å²) in [5.74, 6) is 1.51. The average Bonchev–Trinajstić information content (AvgIpc) is 3.23. The summed E-state index contributed by atoms with van der Waals surface area (Å²) in [4.78, 5) is 12.1. The maximum Gasteiger partial charge on any atom is 0.230 e. The number of nitrogens with two attached hydrogens (primary N) is 1. The lowest BCUT2D eigenvalue weighted by molar-refractivity contribution is -0.119. The molecule has 2 atom stereocenters. The van der Waals surface area contributed by atoms with Crippen molar-refractivity contribution < 1.29 is 4.79 Å². The molecule has 2 aliphatic rings. The van der Waals surface area contributed by atoms with Crippen LogP contribution in [0.3, 0.4) is 0 Å². The van der Waals surface area contributed by atoms with Crippen molar-refractivity contribution >= 4 is 23.6 Å². The summed E-state index contributed by atoms with van der Waals surface area (Å²) in [5.41, 5.74) is 5.83. The summed E-state index contributed by atoms with van der Waals surface area (Å²) >= 11 is 1.43. The van der Waals surface area contributed by atoms with Gasteiger partial charge in [-0.1, -0.05) is 31.5 Å².